The molecule has 1 aromatic heterocycles. The summed E-state index contributed by atoms with van der Waals surface area (Å²) in [6.07, 6.45) is 5.38. The maximum atomic E-state index is 5.28. The number of rotatable bonds is 4. The molecular formula is C17H15NO. The molecule has 2 heteroatoms. The Morgan fingerprint density at radius 1 is 0.789 bits per heavy atom. The lowest BCUT2D eigenvalue weighted by molar-refractivity contribution is 0.574. The van der Waals surface area contributed by atoms with E-state index in [-0.39, 0.29) is 0 Å². The van der Waals surface area contributed by atoms with Crippen LogP contribution in [0, 0.1) is 0 Å². The molecule has 2 nitrogen and oxygen atoms in total. The van der Waals surface area contributed by atoms with E-state index in [0.717, 1.165) is 18.4 Å². The van der Waals surface area contributed by atoms with Crippen LogP contribution in [0.25, 0.3) is 11.5 Å². The Labute approximate surface area is 112 Å². The molecule has 0 amide bonds. The monoisotopic (exact) mass is 249 g/mol. The van der Waals surface area contributed by atoms with Crippen LogP contribution in [0.5, 0.6) is 0 Å². The lowest BCUT2D eigenvalue weighted by Gasteiger charge is -2.03. The van der Waals surface area contributed by atoms with Crippen molar-refractivity contribution in [1.82, 2.24) is 4.98 Å². The van der Waals surface area contributed by atoms with Crippen LogP contribution >= 0.6 is 0 Å². The first-order valence-corrected chi connectivity index (χ1v) is 6.44. The Morgan fingerprint density at radius 2 is 1.47 bits per heavy atom. The third-order valence-corrected chi connectivity index (χ3v) is 3.18. The van der Waals surface area contributed by atoms with Gasteiger partial charge in [0, 0.05) is 5.56 Å². The molecule has 0 saturated heterocycles. The number of aryl methyl sites for hydroxylation is 2. The number of aromatic nitrogens is 1. The van der Waals surface area contributed by atoms with Crippen LogP contribution in [-0.2, 0) is 12.8 Å². The standard InChI is InChI=1S/C17H15NO/c1-2-4-14(5-3-1)6-7-15-8-10-16(11-9-15)17-18-12-13-19-17/h1-5,8-13H,6-7H2. The number of hydrogen-bond acceptors (Lipinski definition) is 2. The van der Waals surface area contributed by atoms with Crippen LogP contribution in [0.1, 0.15) is 11.1 Å². The number of nitrogens with zero attached hydrogens (tertiary/aromatic N) is 1. The van der Waals surface area contributed by atoms with Gasteiger partial charge in [0.05, 0.1) is 6.20 Å². The van der Waals surface area contributed by atoms with E-state index in [9.17, 15) is 0 Å². The molecule has 19 heavy (non-hydrogen) atoms. The SMILES string of the molecule is c1ccc(CCc2ccc(-c3ncco3)cc2)cc1. The predicted octanol–water partition coefficient (Wildman–Crippen LogP) is 4.13. The summed E-state index contributed by atoms with van der Waals surface area (Å²) in [5.41, 5.74) is 3.73. The van der Waals surface area contributed by atoms with Gasteiger partial charge in [0.15, 0.2) is 0 Å². The van der Waals surface area contributed by atoms with E-state index < -0.39 is 0 Å². The maximum absolute atomic E-state index is 5.28. The highest BCUT2D eigenvalue weighted by atomic mass is 16.3. The molecule has 3 rings (SSSR count). The number of benzene rings is 2. The summed E-state index contributed by atoms with van der Waals surface area (Å²) < 4.78 is 5.28. The minimum atomic E-state index is 0.676. The van der Waals surface area contributed by atoms with E-state index in [4.69, 9.17) is 4.42 Å². The summed E-state index contributed by atoms with van der Waals surface area (Å²) in [5.74, 6) is 0.676. The van der Waals surface area contributed by atoms with Crippen molar-refractivity contribution < 1.29 is 4.42 Å². The summed E-state index contributed by atoms with van der Waals surface area (Å²) in [4.78, 5) is 4.14. The van der Waals surface area contributed by atoms with Gasteiger partial charge in [-0.1, -0.05) is 42.5 Å². The van der Waals surface area contributed by atoms with Crippen LogP contribution in [0.15, 0.2) is 71.5 Å². The van der Waals surface area contributed by atoms with Crippen LogP contribution in [0.3, 0.4) is 0 Å². The molecule has 0 bridgehead atoms. The van der Waals surface area contributed by atoms with E-state index in [0.29, 0.717) is 5.89 Å². The molecule has 0 aliphatic carbocycles. The average Bonchev–Trinajstić information content (AvgIpc) is 3.01. The lowest BCUT2D eigenvalue weighted by atomic mass is 10.0. The molecule has 0 N–H and O–H groups in total. The summed E-state index contributed by atoms with van der Waals surface area (Å²) >= 11 is 0. The molecule has 0 fully saturated rings. The molecule has 0 saturated carbocycles. The van der Waals surface area contributed by atoms with Crippen molar-refractivity contribution in [2.24, 2.45) is 0 Å². The van der Waals surface area contributed by atoms with Gasteiger partial charge in [-0.25, -0.2) is 4.98 Å². The van der Waals surface area contributed by atoms with Crippen LogP contribution in [0.2, 0.25) is 0 Å². The second-order valence-corrected chi connectivity index (χ2v) is 4.52. The van der Waals surface area contributed by atoms with Gasteiger partial charge in [0.2, 0.25) is 5.89 Å². The lowest BCUT2D eigenvalue weighted by Crippen LogP contribution is -1.91. The van der Waals surface area contributed by atoms with Gasteiger partial charge in [0.25, 0.3) is 0 Å². The summed E-state index contributed by atoms with van der Waals surface area (Å²) in [7, 11) is 0. The van der Waals surface area contributed by atoms with Gasteiger partial charge in [-0.3, -0.25) is 0 Å². The summed E-state index contributed by atoms with van der Waals surface area (Å²) in [6.45, 7) is 0. The van der Waals surface area contributed by atoms with Crippen LogP contribution in [-0.4, -0.2) is 4.98 Å². The zero-order valence-electron chi connectivity index (χ0n) is 10.6. The number of oxazole rings is 1. The highest BCUT2D eigenvalue weighted by molar-refractivity contribution is 5.53. The number of hydrogen-bond donors (Lipinski definition) is 0. The third-order valence-electron chi connectivity index (χ3n) is 3.18. The van der Waals surface area contributed by atoms with Gasteiger partial charge >= 0.3 is 0 Å². The zero-order chi connectivity index (χ0) is 12.9. The van der Waals surface area contributed by atoms with Gasteiger partial charge in [-0.15, -0.1) is 0 Å². The normalized spacial score (nSPS) is 10.5. The predicted molar refractivity (Wildman–Crippen MR) is 75.8 cm³/mol. The second kappa shape index (κ2) is 5.53. The van der Waals surface area contributed by atoms with Gasteiger partial charge in [0.1, 0.15) is 6.26 Å². The van der Waals surface area contributed by atoms with Crippen molar-refractivity contribution in [2.75, 3.05) is 0 Å². The third kappa shape index (κ3) is 2.91. The molecule has 0 radical (unpaired) electrons. The zero-order valence-corrected chi connectivity index (χ0v) is 10.6. The van der Waals surface area contributed by atoms with Gasteiger partial charge in [-0.2, -0.15) is 0 Å². The van der Waals surface area contributed by atoms with Crippen LogP contribution in [0.4, 0.5) is 0 Å². The first-order valence-electron chi connectivity index (χ1n) is 6.44. The van der Waals surface area contributed by atoms with Gasteiger partial charge in [-0.05, 0) is 36.1 Å². The maximum Gasteiger partial charge on any atom is 0.225 e. The van der Waals surface area contributed by atoms with E-state index in [1.807, 2.05) is 0 Å². The second-order valence-electron chi connectivity index (χ2n) is 4.52. The van der Waals surface area contributed by atoms with Crippen molar-refractivity contribution in [3.63, 3.8) is 0 Å². The Bertz CT molecular complexity index is 612. The molecule has 0 unspecified atom stereocenters. The van der Waals surface area contributed by atoms with Gasteiger partial charge < -0.3 is 4.42 Å². The largest absolute Gasteiger partial charge is 0.445 e. The van der Waals surface area contributed by atoms with Crippen molar-refractivity contribution in [2.45, 2.75) is 12.8 Å². The minimum absolute atomic E-state index is 0.676. The molecule has 2 aromatic carbocycles. The highest BCUT2D eigenvalue weighted by Crippen LogP contribution is 2.18. The summed E-state index contributed by atoms with van der Waals surface area (Å²) in [5, 5.41) is 0. The quantitative estimate of drug-likeness (QED) is 0.695. The first kappa shape index (κ1) is 11.7. The van der Waals surface area contributed by atoms with E-state index in [2.05, 4.69) is 59.6 Å². The fourth-order valence-corrected chi connectivity index (χ4v) is 2.11. The van der Waals surface area contributed by atoms with Crippen LogP contribution < -0.4 is 0 Å². The average molecular weight is 249 g/mol. The first-order chi connectivity index (χ1) is 9.42. The molecule has 0 spiro atoms. The Hall–Kier alpha value is -2.35. The smallest absolute Gasteiger partial charge is 0.225 e. The molecule has 0 aliphatic rings. The van der Waals surface area contributed by atoms with Crippen molar-refractivity contribution in [3.8, 4) is 11.5 Å². The van der Waals surface area contributed by atoms with Crippen molar-refractivity contribution in [1.29, 1.82) is 0 Å². The molecule has 0 aliphatic heterocycles. The fourth-order valence-electron chi connectivity index (χ4n) is 2.11. The van der Waals surface area contributed by atoms with E-state index in [1.165, 1.54) is 11.1 Å². The Balaban J connectivity index is 1.67. The van der Waals surface area contributed by atoms with Crippen molar-refractivity contribution in [3.05, 3.63) is 78.2 Å². The van der Waals surface area contributed by atoms with E-state index >= 15 is 0 Å². The molecular weight excluding hydrogens is 234 g/mol. The topological polar surface area (TPSA) is 26.0 Å². The summed E-state index contributed by atoms with van der Waals surface area (Å²) in [6, 6.07) is 19.0. The molecule has 1 heterocycles. The highest BCUT2D eigenvalue weighted by Gasteiger charge is 2.02. The minimum Gasteiger partial charge on any atom is -0.445 e. The van der Waals surface area contributed by atoms with E-state index in [1.54, 1.807) is 12.5 Å². The molecule has 3 aromatic rings. The Morgan fingerprint density at radius 3 is 2.11 bits per heavy atom. The molecule has 0 atom stereocenters. The Kier molecular flexibility index (Phi) is 3.41. The van der Waals surface area contributed by atoms with Crippen molar-refractivity contribution >= 4 is 0 Å². The molecule has 94 valence electrons. The fraction of sp³-hybridized carbons (Fsp3) is 0.118.